The number of nitrogens with one attached hydrogen (secondary N) is 1. The van der Waals surface area contributed by atoms with Gasteiger partial charge in [-0.3, -0.25) is 4.79 Å². The van der Waals surface area contributed by atoms with Gasteiger partial charge in [-0.1, -0.05) is 0 Å². The Hall–Kier alpha value is -1.98. The highest BCUT2D eigenvalue weighted by molar-refractivity contribution is 5.96. The Morgan fingerprint density at radius 1 is 1.40 bits per heavy atom. The predicted molar refractivity (Wildman–Crippen MR) is 51.0 cm³/mol. The van der Waals surface area contributed by atoms with E-state index in [2.05, 4.69) is 20.0 Å². The van der Waals surface area contributed by atoms with E-state index >= 15 is 0 Å². The zero-order valence-corrected chi connectivity index (χ0v) is 8.43. The number of ether oxygens (including phenoxy) is 1. The molecule has 1 amide bonds. The fraction of sp³-hybridized carbons (Fsp3) is 0.333. The van der Waals surface area contributed by atoms with E-state index in [0.29, 0.717) is 5.56 Å². The van der Waals surface area contributed by atoms with Crippen LogP contribution in [0.1, 0.15) is 17.3 Å². The summed E-state index contributed by atoms with van der Waals surface area (Å²) in [5.74, 6) is -0.909. The van der Waals surface area contributed by atoms with Crippen molar-refractivity contribution in [3.63, 3.8) is 0 Å². The second-order valence-electron chi connectivity index (χ2n) is 2.85. The summed E-state index contributed by atoms with van der Waals surface area (Å²) in [6.45, 7) is 1.54. The fourth-order valence-corrected chi connectivity index (χ4v) is 0.932. The molecule has 0 bridgehead atoms. The molecule has 0 saturated heterocycles. The molecule has 0 aliphatic heterocycles. The van der Waals surface area contributed by atoms with Crippen LogP contribution in [0.15, 0.2) is 18.7 Å². The van der Waals surface area contributed by atoms with Crippen LogP contribution >= 0.6 is 0 Å². The van der Waals surface area contributed by atoms with Gasteiger partial charge in [-0.2, -0.15) is 0 Å². The van der Waals surface area contributed by atoms with Crippen LogP contribution < -0.4 is 5.32 Å². The van der Waals surface area contributed by atoms with Crippen LogP contribution in [0.25, 0.3) is 0 Å². The van der Waals surface area contributed by atoms with Crippen molar-refractivity contribution in [1.29, 1.82) is 0 Å². The van der Waals surface area contributed by atoms with Gasteiger partial charge in [0.2, 0.25) is 0 Å². The smallest absolute Gasteiger partial charge is 0.328 e. The lowest BCUT2D eigenvalue weighted by Gasteiger charge is -2.10. The van der Waals surface area contributed by atoms with Gasteiger partial charge < -0.3 is 10.1 Å². The average molecular weight is 209 g/mol. The van der Waals surface area contributed by atoms with Crippen molar-refractivity contribution in [3.05, 3.63) is 24.3 Å². The second kappa shape index (κ2) is 5.04. The van der Waals surface area contributed by atoms with Crippen molar-refractivity contribution in [2.45, 2.75) is 13.0 Å². The van der Waals surface area contributed by atoms with Crippen molar-refractivity contribution in [3.8, 4) is 0 Å². The summed E-state index contributed by atoms with van der Waals surface area (Å²) >= 11 is 0. The van der Waals surface area contributed by atoms with Crippen LogP contribution in [0, 0.1) is 0 Å². The second-order valence-corrected chi connectivity index (χ2v) is 2.85. The first-order valence-electron chi connectivity index (χ1n) is 4.29. The third kappa shape index (κ3) is 3.01. The predicted octanol–water partition coefficient (Wildman–Crippen LogP) is -0.232. The molecule has 0 aliphatic rings. The third-order valence-corrected chi connectivity index (χ3v) is 1.73. The van der Waals surface area contributed by atoms with E-state index in [1.165, 1.54) is 32.8 Å². The molecule has 1 heterocycles. The Bertz CT molecular complexity index is 353. The van der Waals surface area contributed by atoms with Gasteiger partial charge in [-0.15, -0.1) is 0 Å². The standard InChI is InChI=1S/C9H11N3O3/c1-6(9(14)15-2)12-8(13)7-3-10-5-11-4-7/h3-6H,1-2H3,(H,12,13). The van der Waals surface area contributed by atoms with Crippen LogP contribution in [0.2, 0.25) is 0 Å². The molecule has 1 N–H and O–H groups in total. The fourth-order valence-electron chi connectivity index (χ4n) is 0.932. The van der Waals surface area contributed by atoms with Crippen LogP contribution in [0.3, 0.4) is 0 Å². The lowest BCUT2D eigenvalue weighted by atomic mass is 10.3. The van der Waals surface area contributed by atoms with Crippen molar-refractivity contribution >= 4 is 11.9 Å². The van der Waals surface area contributed by atoms with Crippen LogP contribution in [0.4, 0.5) is 0 Å². The van der Waals surface area contributed by atoms with E-state index < -0.39 is 17.9 Å². The maximum Gasteiger partial charge on any atom is 0.328 e. The van der Waals surface area contributed by atoms with E-state index in [-0.39, 0.29) is 0 Å². The number of rotatable bonds is 3. The zero-order valence-electron chi connectivity index (χ0n) is 8.43. The SMILES string of the molecule is COC(=O)C(C)NC(=O)c1cncnc1. The number of aromatic nitrogens is 2. The summed E-state index contributed by atoms with van der Waals surface area (Å²) in [5, 5.41) is 2.45. The normalized spacial score (nSPS) is 11.6. The lowest BCUT2D eigenvalue weighted by Crippen LogP contribution is -2.39. The molecule has 0 fully saturated rings. The lowest BCUT2D eigenvalue weighted by molar-refractivity contribution is -0.142. The van der Waals surface area contributed by atoms with E-state index in [1.807, 2.05) is 0 Å². The molecule has 1 unspecified atom stereocenters. The van der Waals surface area contributed by atoms with Gasteiger partial charge >= 0.3 is 5.97 Å². The Labute approximate surface area is 86.7 Å². The minimum absolute atomic E-state index is 0.299. The molecule has 0 aliphatic carbocycles. The van der Waals surface area contributed by atoms with Crippen molar-refractivity contribution in [2.24, 2.45) is 0 Å². The molecular weight excluding hydrogens is 198 g/mol. The number of hydrogen-bond acceptors (Lipinski definition) is 5. The summed E-state index contributed by atoms with van der Waals surface area (Å²) < 4.78 is 4.46. The summed E-state index contributed by atoms with van der Waals surface area (Å²) in [5.41, 5.74) is 0.299. The monoisotopic (exact) mass is 209 g/mol. The summed E-state index contributed by atoms with van der Waals surface area (Å²) in [6.07, 6.45) is 4.05. The van der Waals surface area contributed by atoms with Gasteiger partial charge in [0.05, 0.1) is 12.7 Å². The molecule has 0 radical (unpaired) electrons. The minimum atomic E-state index is -0.692. The topological polar surface area (TPSA) is 81.2 Å². The number of nitrogens with zero attached hydrogens (tertiary/aromatic N) is 2. The van der Waals surface area contributed by atoms with Crippen molar-refractivity contribution < 1.29 is 14.3 Å². The summed E-state index contributed by atoms with van der Waals surface area (Å²) in [4.78, 5) is 29.9. The highest BCUT2D eigenvalue weighted by atomic mass is 16.5. The van der Waals surface area contributed by atoms with Gasteiger partial charge in [0, 0.05) is 12.4 Å². The Morgan fingerprint density at radius 3 is 2.53 bits per heavy atom. The number of carbonyl (C=O) groups excluding carboxylic acids is 2. The molecule has 1 rings (SSSR count). The molecule has 0 spiro atoms. The van der Waals surface area contributed by atoms with E-state index in [4.69, 9.17) is 0 Å². The highest BCUT2D eigenvalue weighted by Crippen LogP contribution is 1.95. The molecule has 80 valence electrons. The summed E-state index contributed by atoms with van der Waals surface area (Å²) in [6, 6.07) is -0.692. The third-order valence-electron chi connectivity index (χ3n) is 1.73. The maximum atomic E-state index is 11.5. The maximum absolute atomic E-state index is 11.5. The number of esters is 1. The number of amides is 1. The number of carbonyl (C=O) groups is 2. The molecule has 0 aromatic carbocycles. The zero-order chi connectivity index (χ0) is 11.3. The van der Waals surface area contributed by atoms with Crippen LogP contribution in [-0.4, -0.2) is 35.0 Å². The average Bonchev–Trinajstić information content (AvgIpc) is 2.29. The van der Waals surface area contributed by atoms with E-state index in [9.17, 15) is 9.59 Å². The van der Waals surface area contributed by atoms with Crippen molar-refractivity contribution in [1.82, 2.24) is 15.3 Å². The minimum Gasteiger partial charge on any atom is -0.467 e. The van der Waals surface area contributed by atoms with Crippen LogP contribution in [-0.2, 0) is 9.53 Å². The van der Waals surface area contributed by atoms with Gasteiger partial charge in [0.1, 0.15) is 12.4 Å². The number of hydrogen-bond donors (Lipinski definition) is 1. The Morgan fingerprint density at radius 2 is 2.00 bits per heavy atom. The number of methoxy groups -OCH3 is 1. The first-order chi connectivity index (χ1) is 7.15. The molecule has 1 aromatic heterocycles. The molecule has 1 atom stereocenters. The first-order valence-corrected chi connectivity index (χ1v) is 4.29. The van der Waals surface area contributed by atoms with Gasteiger partial charge in [-0.05, 0) is 6.92 Å². The van der Waals surface area contributed by atoms with Gasteiger partial charge in [0.15, 0.2) is 0 Å². The van der Waals surface area contributed by atoms with E-state index in [1.54, 1.807) is 0 Å². The van der Waals surface area contributed by atoms with Gasteiger partial charge in [-0.25, -0.2) is 14.8 Å². The summed E-state index contributed by atoms with van der Waals surface area (Å²) in [7, 11) is 1.26. The van der Waals surface area contributed by atoms with Crippen LogP contribution in [0.5, 0.6) is 0 Å². The molecule has 0 saturated carbocycles. The Balaban J connectivity index is 2.61. The van der Waals surface area contributed by atoms with E-state index in [0.717, 1.165) is 0 Å². The molecular formula is C9H11N3O3. The Kier molecular flexibility index (Phi) is 3.73. The molecule has 6 nitrogen and oxygen atoms in total. The largest absolute Gasteiger partial charge is 0.467 e. The highest BCUT2D eigenvalue weighted by Gasteiger charge is 2.16. The first kappa shape index (κ1) is 11.1. The molecule has 6 heteroatoms. The molecule has 1 aromatic rings. The molecule has 15 heavy (non-hydrogen) atoms. The quantitative estimate of drug-likeness (QED) is 0.695. The van der Waals surface area contributed by atoms with Gasteiger partial charge in [0.25, 0.3) is 5.91 Å². The van der Waals surface area contributed by atoms with Crippen molar-refractivity contribution in [2.75, 3.05) is 7.11 Å².